The highest BCUT2D eigenvalue weighted by molar-refractivity contribution is 9.10. The second kappa shape index (κ2) is 18.8. The molecule has 0 saturated heterocycles. The minimum Gasteiger partial charge on any atom is -0.493 e. The van der Waals surface area contributed by atoms with E-state index in [1.807, 2.05) is 54.6 Å². The molecule has 0 fully saturated rings. The van der Waals surface area contributed by atoms with Crippen molar-refractivity contribution in [2.24, 2.45) is 0 Å². The molecule has 4 amide bonds. The number of imide groups is 1. The van der Waals surface area contributed by atoms with Crippen LogP contribution in [0.1, 0.15) is 48.6 Å². The topological polar surface area (TPSA) is 125 Å². The highest BCUT2D eigenvalue weighted by Crippen LogP contribution is 2.33. The summed E-state index contributed by atoms with van der Waals surface area (Å²) in [5, 5.41) is 15.9. The number of amides is 4. The standard InChI is InChI=1S/C44H40BrCl2N3O7/c1-56-39-24-34(35(45)25-40(39)57-2)42(53)48-37(22-27-12-14-29(15-13-27)28-8-4-3-5-9-28)38(51)26-49(20-18-30-16-17-31(46)23-36(30)47)41(52)19-21-50-43(54)32-10-6-7-11-33(32)44(50)55/h3-17,23-25,37-38,51H,18-22,26H2,1-2H3,(H,48,53)/t37-,38?/m0/s1. The minimum atomic E-state index is -1.27. The zero-order valence-electron chi connectivity index (χ0n) is 31.2. The van der Waals surface area contributed by atoms with Crippen molar-refractivity contribution in [1.29, 1.82) is 0 Å². The first kappa shape index (κ1) is 41.4. The number of nitrogens with zero attached hydrogens (tertiary/aromatic N) is 2. The maximum atomic E-state index is 14.0. The zero-order valence-corrected chi connectivity index (χ0v) is 34.3. The average molecular weight is 874 g/mol. The summed E-state index contributed by atoms with van der Waals surface area (Å²) in [7, 11) is 2.96. The fourth-order valence-corrected chi connectivity index (χ4v) is 7.74. The third kappa shape index (κ3) is 9.85. The number of carbonyl (C=O) groups is 4. The van der Waals surface area contributed by atoms with E-state index in [1.54, 1.807) is 54.6 Å². The summed E-state index contributed by atoms with van der Waals surface area (Å²) in [5.41, 5.74) is 4.44. The van der Waals surface area contributed by atoms with Crippen LogP contribution in [0.4, 0.5) is 0 Å². The molecule has 1 unspecified atom stereocenters. The summed E-state index contributed by atoms with van der Waals surface area (Å²) in [4.78, 5) is 56.7. The highest BCUT2D eigenvalue weighted by atomic mass is 79.9. The molecule has 1 aliphatic heterocycles. The molecule has 0 aliphatic carbocycles. The van der Waals surface area contributed by atoms with Crippen LogP contribution >= 0.6 is 39.1 Å². The number of methoxy groups -OCH3 is 2. The molecule has 1 aliphatic rings. The molecule has 0 radical (unpaired) electrons. The molecule has 10 nitrogen and oxygen atoms in total. The first-order valence-electron chi connectivity index (χ1n) is 18.2. The number of hydrogen-bond donors (Lipinski definition) is 2. The van der Waals surface area contributed by atoms with Crippen molar-refractivity contribution in [1.82, 2.24) is 15.1 Å². The number of carbonyl (C=O) groups excluding carboxylic acids is 4. The molecule has 1 heterocycles. The van der Waals surface area contributed by atoms with Gasteiger partial charge in [0.15, 0.2) is 11.5 Å². The van der Waals surface area contributed by atoms with E-state index >= 15 is 0 Å². The van der Waals surface area contributed by atoms with E-state index in [-0.39, 0.29) is 49.2 Å². The fraction of sp³-hybridized carbons (Fsp3) is 0.227. The minimum absolute atomic E-state index is 0.132. The van der Waals surface area contributed by atoms with Gasteiger partial charge in [0, 0.05) is 40.6 Å². The van der Waals surface area contributed by atoms with E-state index in [0.29, 0.717) is 32.4 Å². The van der Waals surface area contributed by atoms with Crippen LogP contribution in [0.15, 0.2) is 114 Å². The van der Waals surface area contributed by atoms with Gasteiger partial charge in [0.1, 0.15) is 0 Å². The Balaban J connectivity index is 1.26. The quantitative estimate of drug-likeness (QED) is 0.0967. The number of aliphatic hydroxyl groups excluding tert-OH is 1. The number of ether oxygens (including phenoxy) is 2. The van der Waals surface area contributed by atoms with E-state index in [2.05, 4.69) is 21.2 Å². The van der Waals surface area contributed by atoms with Gasteiger partial charge < -0.3 is 24.8 Å². The molecule has 13 heteroatoms. The van der Waals surface area contributed by atoms with Crippen LogP contribution in [0.5, 0.6) is 11.5 Å². The van der Waals surface area contributed by atoms with Gasteiger partial charge in [-0.2, -0.15) is 0 Å². The predicted molar refractivity (Wildman–Crippen MR) is 223 cm³/mol. The van der Waals surface area contributed by atoms with Crippen molar-refractivity contribution >= 4 is 62.8 Å². The van der Waals surface area contributed by atoms with Gasteiger partial charge in [-0.15, -0.1) is 0 Å². The number of hydrogen-bond acceptors (Lipinski definition) is 7. The lowest BCUT2D eigenvalue weighted by Crippen LogP contribution is -2.51. The van der Waals surface area contributed by atoms with E-state index < -0.39 is 35.8 Å². The number of aliphatic hydroxyl groups is 1. The molecule has 5 aromatic carbocycles. The fourth-order valence-electron chi connectivity index (χ4n) is 6.73. The smallest absolute Gasteiger partial charge is 0.261 e. The molecule has 5 aromatic rings. The Morgan fingerprint density at radius 2 is 1.44 bits per heavy atom. The van der Waals surface area contributed by atoms with Gasteiger partial charge in [-0.3, -0.25) is 24.1 Å². The summed E-state index contributed by atoms with van der Waals surface area (Å²) in [6, 6.07) is 31.6. The Labute approximate surface area is 349 Å². The van der Waals surface area contributed by atoms with Crippen molar-refractivity contribution in [3.8, 4) is 22.6 Å². The predicted octanol–water partition coefficient (Wildman–Crippen LogP) is 7.90. The lowest BCUT2D eigenvalue weighted by atomic mass is 9.97. The van der Waals surface area contributed by atoms with Gasteiger partial charge in [-0.05, 0) is 87.4 Å². The first-order chi connectivity index (χ1) is 27.5. The number of nitrogens with one attached hydrogen (secondary N) is 1. The summed E-state index contributed by atoms with van der Waals surface area (Å²) in [6.07, 6.45) is -0.931. The van der Waals surface area contributed by atoms with Crippen molar-refractivity contribution in [3.05, 3.63) is 152 Å². The Kier molecular flexibility index (Phi) is 13.7. The Hall–Kier alpha value is -5.20. The third-order valence-electron chi connectivity index (χ3n) is 9.87. The van der Waals surface area contributed by atoms with Crippen molar-refractivity contribution < 1.29 is 33.8 Å². The molecular formula is C44H40BrCl2N3O7. The van der Waals surface area contributed by atoms with Gasteiger partial charge in [0.05, 0.1) is 43.1 Å². The van der Waals surface area contributed by atoms with Gasteiger partial charge in [-0.1, -0.05) is 96.0 Å². The molecule has 6 rings (SSSR count). The lowest BCUT2D eigenvalue weighted by Gasteiger charge is -2.31. The summed E-state index contributed by atoms with van der Waals surface area (Å²) in [6.45, 7) is -0.208. The van der Waals surface area contributed by atoms with Crippen molar-refractivity contribution in [3.63, 3.8) is 0 Å². The van der Waals surface area contributed by atoms with Gasteiger partial charge >= 0.3 is 0 Å². The van der Waals surface area contributed by atoms with E-state index in [0.717, 1.165) is 27.2 Å². The van der Waals surface area contributed by atoms with Crippen molar-refractivity contribution in [2.75, 3.05) is 33.9 Å². The molecule has 294 valence electrons. The second-order valence-corrected chi connectivity index (χ2v) is 15.2. The summed E-state index contributed by atoms with van der Waals surface area (Å²) in [5.74, 6) is -1.07. The molecular weight excluding hydrogens is 833 g/mol. The molecule has 0 bridgehead atoms. The maximum absolute atomic E-state index is 14.0. The van der Waals surface area contributed by atoms with Crippen LogP contribution in [0, 0.1) is 0 Å². The van der Waals surface area contributed by atoms with Crippen LogP contribution in [0.3, 0.4) is 0 Å². The first-order valence-corrected chi connectivity index (χ1v) is 19.7. The molecule has 0 saturated carbocycles. The Bertz CT molecular complexity index is 2240. The van der Waals surface area contributed by atoms with Gasteiger partial charge in [0.25, 0.3) is 17.7 Å². The van der Waals surface area contributed by atoms with Gasteiger partial charge in [0.2, 0.25) is 5.91 Å². The molecule has 2 N–H and O–H groups in total. The second-order valence-electron chi connectivity index (χ2n) is 13.5. The van der Waals surface area contributed by atoms with Gasteiger partial charge in [-0.25, -0.2) is 0 Å². The SMILES string of the molecule is COc1cc(Br)c(C(=O)N[C@@H](Cc2ccc(-c3ccccc3)cc2)C(O)CN(CCc2ccc(Cl)cc2Cl)C(=O)CCN2C(=O)c3ccccc3C2=O)cc1OC. The maximum Gasteiger partial charge on any atom is 0.261 e. The Morgan fingerprint density at radius 1 is 0.825 bits per heavy atom. The van der Waals surface area contributed by atoms with E-state index in [1.165, 1.54) is 19.1 Å². The normalized spacial score (nSPS) is 13.2. The molecule has 0 spiro atoms. The lowest BCUT2D eigenvalue weighted by molar-refractivity contribution is -0.133. The average Bonchev–Trinajstić information content (AvgIpc) is 3.46. The number of halogens is 3. The van der Waals surface area contributed by atoms with Crippen LogP contribution in [-0.4, -0.2) is 84.5 Å². The van der Waals surface area contributed by atoms with Crippen LogP contribution in [-0.2, 0) is 17.6 Å². The molecule has 57 heavy (non-hydrogen) atoms. The zero-order chi connectivity index (χ0) is 40.6. The highest BCUT2D eigenvalue weighted by Gasteiger charge is 2.36. The number of rotatable bonds is 16. The summed E-state index contributed by atoms with van der Waals surface area (Å²) >= 11 is 16.1. The third-order valence-corrected chi connectivity index (χ3v) is 11.1. The van der Waals surface area contributed by atoms with Crippen LogP contribution in [0.2, 0.25) is 10.0 Å². The number of benzene rings is 5. The monoisotopic (exact) mass is 871 g/mol. The molecule has 0 aromatic heterocycles. The van der Waals surface area contributed by atoms with E-state index in [9.17, 15) is 24.3 Å². The number of fused-ring (bicyclic) bond motifs is 1. The molecule has 2 atom stereocenters. The van der Waals surface area contributed by atoms with Crippen LogP contribution in [0.25, 0.3) is 11.1 Å². The van der Waals surface area contributed by atoms with Crippen molar-refractivity contribution in [2.45, 2.75) is 31.4 Å². The largest absolute Gasteiger partial charge is 0.493 e. The summed E-state index contributed by atoms with van der Waals surface area (Å²) < 4.78 is 11.3. The van der Waals surface area contributed by atoms with Crippen LogP contribution < -0.4 is 14.8 Å². The van der Waals surface area contributed by atoms with E-state index in [4.69, 9.17) is 32.7 Å². The Morgan fingerprint density at radius 3 is 2.07 bits per heavy atom.